The summed E-state index contributed by atoms with van der Waals surface area (Å²) in [7, 11) is 0. The SMILES string of the molecule is O=Cc1ccccc1O.OCc1ccccc1OCc1ccccc1. The molecule has 0 bridgehead atoms. The van der Waals surface area contributed by atoms with Crippen molar-refractivity contribution in [1.29, 1.82) is 0 Å². The van der Waals surface area contributed by atoms with Crippen LogP contribution in [0.25, 0.3) is 0 Å². The third-order valence-electron chi connectivity index (χ3n) is 3.44. The first-order chi connectivity index (χ1) is 12.2. The third-order valence-corrected chi connectivity index (χ3v) is 3.44. The topological polar surface area (TPSA) is 66.8 Å². The van der Waals surface area contributed by atoms with E-state index in [0.29, 0.717) is 18.5 Å². The van der Waals surface area contributed by atoms with Crippen molar-refractivity contribution in [3.63, 3.8) is 0 Å². The number of hydrogen-bond donors (Lipinski definition) is 2. The fourth-order valence-electron chi connectivity index (χ4n) is 2.10. The van der Waals surface area contributed by atoms with Gasteiger partial charge in [0, 0.05) is 5.56 Å². The summed E-state index contributed by atoms with van der Waals surface area (Å²) < 4.78 is 5.65. The van der Waals surface area contributed by atoms with Crippen molar-refractivity contribution >= 4 is 6.29 Å². The Morgan fingerprint density at radius 1 is 0.840 bits per heavy atom. The number of rotatable bonds is 5. The summed E-state index contributed by atoms with van der Waals surface area (Å²) >= 11 is 0. The molecule has 0 saturated heterocycles. The van der Waals surface area contributed by atoms with E-state index < -0.39 is 0 Å². The number of aliphatic hydroxyl groups is 1. The molecular formula is C21H20O4. The molecular weight excluding hydrogens is 316 g/mol. The van der Waals surface area contributed by atoms with E-state index in [1.807, 2.05) is 54.6 Å². The number of aliphatic hydroxyl groups excluding tert-OH is 1. The molecule has 3 aromatic carbocycles. The van der Waals surface area contributed by atoms with Crippen LogP contribution in [0.4, 0.5) is 0 Å². The summed E-state index contributed by atoms with van der Waals surface area (Å²) in [6.45, 7) is 0.531. The summed E-state index contributed by atoms with van der Waals surface area (Å²) in [5.41, 5.74) is 2.27. The van der Waals surface area contributed by atoms with E-state index in [9.17, 15) is 4.79 Å². The maximum absolute atomic E-state index is 10.1. The highest BCUT2D eigenvalue weighted by Gasteiger charge is 2.01. The molecule has 0 saturated carbocycles. The second-order valence-electron chi connectivity index (χ2n) is 5.22. The van der Waals surface area contributed by atoms with Crippen LogP contribution in [0.1, 0.15) is 21.5 Å². The van der Waals surface area contributed by atoms with Crippen LogP contribution in [0.3, 0.4) is 0 Å². The molecule has 0 amide bonds. The molecule has 0 atom stereocenters. The lowest BCUT2D eigenvalue weighted by molar-refractivity contribution is 0.112. The Kier molecular flexibility index (Phi) is 7.22. The van der Waals surface area contributed by atoms with Crippen molar-refractivity contribution in [2.45, 2.75) is 13.2 Å². The molecule has 0 unspecified atom stereocenters. The largest absolute Gasteiger partial charge is 0.507 e. The van der Waals surface area contributed by atoms with E-state index in [-0.39, 0.29) is 12.4 Å². The predicted molar refractivity (Wildman–Crippen MR) is 96.6 cm³/mol. The van der Waals surface area contributed by atoms with Gasteiger partial charge in [-0.05, 0) is 23.8 Å². The van der Waals surface area contributed by atoms with E-state index >= 15 is 0 Å². The standard InChI is InChI=1S/C14H14O2.C7H6O2/c15-10-13-8-4-5-9-14(13)16-11-12-6-2-1-3-7-12;8-5-6-3-1-2-4-7(6)9/h1-9,15H,10-11H2;1-5,9H. The van der Waals surface area contributed by atoms with Gasteiger partial charge in [0.15, 0.2) is 6.29 Å². The second-order valence-corrected chi connectivity index (χ2v) is 5.22. The van der Waals surface area contributed by atoms with Crippen LogP contribution in [-0.2, 0) is 13.2 Å². The van der Waals surface area contributed by atoms with Gasteiger partial charge in [-0.3, -0.25) is 4.79 Å². The highest BCUT2D eigenvalue weighted by atomic mass is 16.5. The van der Waals surface area contributed by atoms with Crippen LogP contribution in [0, 0.1) is 0 Å². The van der Waals surface area contributed by atoms with Gasteiger partial charge in [0.25, 0.3) is 0 Å². The zero-order valence-electron chi connectivity index (χ0n) is 13.7. The Morgan fingerprint density at radius 3 is 2.12 bits per heavy atom. The van der Waals surface area contributed by atoms with Crippen LogP contribution < -0.4 is 4.74 Å². The van der Waals surface area contributed by atoms with E-state index in [2.05, 4.69) is 0 Å². The minimum Gasteiger partial charge on any atom is -0.507 e. The average molecular weight is 336 g/mol. The highest BCUT2D eigenvalue weighted by molar-refractivity contribution is 5.78. The smallest absolute Gasteiger partial charge is 0.153 e. The van der Waals surface area contributed by atoms with Crippen molar-refractivity contribution in [3.05, 3.63) is 95.6 Å². The highest BCUT2D eigenvalue weighted by Crippen LogP contribution is 2.19. The van der Waals surface area contributed by atoms with Crippen molar-refractivity contribution in [3.8, 4) is 11.5 Å². The number of carbonyl (C=O) groups excluding carboxylic acids is 1. The molecule has 2 N–H and O–H groups in total. The third kappa shape index (κ3) is 5.79. The van der Waals surface area contributed by atoms with E-state index in [0.717, 1.165) is 16.9 Å². The number of phenols is 1. The quantitative estimate of drug-likeness (QED) is 0.692. The molecule has 128 valence electrons. The summed E-state index contributed by atoms with van der Waals surface area (Å²) in [4.78, 5) is 10.1. The Bertz CT molecular complexity index is 785. The monoisotopic (exact) mass is 336 g/mol. The molecule has 0 aliphatic heterocycles. The Morgan fingerprint density at radius 2 is 1.48 bits per heavy atom. The lowest BCUT2D eigenvalue weighted by atomic mass is 10.2. The lowest BCUT2D eigenvalue weighted by Gasteiger charge is -2.09. The number of para-hydroxylation sites is 2. The minimum absolute atomic E-state index is 0.00492. The minimum atomic E-state index is 0.00492. The molecule has 0 radical (unpaired) electrons. The van der Waals surface area contributed by atoms with E-state index in [4.69, 9.17) is 14.9 Å². The molecule has 0 aliphatic rings. The molecule has 25 heavy (non-hydrogen) atoms. The zero-order valence-corrected chi connectivity index (χ0v) is 13.7. The molecule has 4 heteroatoms. The van der Waals surface area contributed by atoms with Gasteiger partial charge >= 0.3 is 0 Å². The van der Waals surface area contributed by atoms with Crippen molar-refractivity contribution in [1.82, 2.24) is 0 Å². The molecule has 3 aromatic rings. The summed E-state index contributed by atoms with van der Waals surface area (Å²) in [5, 5.41) is 18.0. The van der Waals surface area contributed by atoms with Crippen LogP contribution in [-0.4, -0.2) is 16.5 Å². The first-order valence-corrected chi connectivity index (χ1v) is 7.83. The molecule has 0 aromatic heterocycles. The Balaban J connectivity index is 0.000000212. The first kappa shape index (κ1) is 18.2. The maximum atomic E-state index is 10.1. The van der Waals surface area contributed by atoms with Crippen LogP contribution in [0.5, 0.6) is 11.5 Å². The van der Waals surface area contributed by atoms with Crippen LogP contribution in [0.2, 0.25) is 0 Å². The summed E-state index contributed by atoms with van der Waals surface area (Å²) in [5.74, 6) is 0.779. The number of ether oxygens (including phenoxy) is 1. The molecule has 0 spiro atoms. The fourth-order valence-corrected chi connectivity index (χ4v) is 2.10. The van der Waals surface area contributed by atoms with Gasteiger partial charge in [-0.2, -0.15) is 0 Å². The first-order valence-electron chi connectivity index (χ1n) is 7.83. The van der Waals surface area contributed by atoms with Crippen LogP contribution in [0.15, 0.2) is 78.9 Å². The van der Waals surface area contributed by atoms with E-state index in [1.54, 1.807) is 18.2 Å². The summed E-state index contributed by atoms with van der Waals surface area (Å²) in [6.07, 6.45) is 0.620. The van der Waals surface area contributed by atoms with Gasteiger partial charge in [-0.1, -0.05) is 60.7 Å². The number of benzene rings is 3. The molecule has 0 fully saturated rings. The van der Waals surface area contributed by atoms with Gasteiger partial charge in [-0.25, -0.2) is 0 Å². The van der Waals surface area contributed by atoms with Crippen LogP contribution >= 0.6 is 0 Å². The Hall–Kier alpha value is -3.11. The number of carbonyl (C=O) groups is 1. The van der Waals surface area contributed by atoms with Gasteiger partial charge < -0.3 is 14.9 Å². The molecule has 3 rings (SSSR count). The van der Waals surface area contributed by atoms with Gasteiger partial charge in [0.2, 0.25) is 0 Å². The number of aldehydes is 1. The number of phenolic OH excluding ortho intramolecular Hbond substituents is 1. The normalized spacial score (nSPS) is 9.64. The molecule has 0 aliphatic carbocycles. The fraction of sp³-hybridized carbons (Fsp3) is 0.0952. The van der Waals surface area contributed by atoms with Gasteiger partial charge in [-0.15, -0.1) is 0 Å². The average Bonchev–Trinajstić information content (AvgIpc) is 2.68. The van der Waals surface area contributed by atoms with Crippen molar-refractivity contribution in [2.24, 2.45) is 0 Å². The Labute approximate surface area is 147 Å². The molecule has 0 heterocycles. The van der Waals surface area contributed by atoms with E-state index in [1.165, 1.54) is 6.07 Å². The lowest BCUT2D eigenvalue weighted by Crippen LogP contribution is -1.98. The molecule has 4 nitrogen and oxygen atoms in total. The zero-order chi connectivity index (χ0) is 17.9. The van der Waals surface area contributed by atoms with Gasteiger partial charge in [0.1, 0.15) is 18.1 Å². The van der Waals surface area contributed by atoms with Crippen molar-refractivity contribution < 1.29 is 19.7 Å². The van der Waals surface area contributed by atoms with Crippen molar-refractivity contribution in [2.75, 3.05) is 0 Å². The maximum Gasteiger partial charge on any atom is 0.153 e. The number of aromatic hydroxyl groups is 1. The predicted octanol–water partition coefficient (Wildman–Crippen LogP) is 3.96. The number of hydrogen-bond acceptors (Lipinski definition) is 4. The second kappa shape index (κ2) is 9.90. The summed E-state index contributed by atoms with van der Waals surface area (Å²) in [6, 6.07) is 23.9. The van der Waals surface area contributed by atoms with Gasteiger partial charge in [0.05, 0.1) is 12.2 Å².